The van der Waals surface area contributed by atoms with E-state index in [-0.39, 0.29) is 0 Å². The fraction of sp³-hybridized carbons (Fsp3) is 0.167. The average molecular weight is 215 g/mol. The average Bonchev–Trinajstić information content (AvgIpc) is 2.39. The fourth-order valence-corrected chi connectivity index (χ4v) is 1.45. The van der Waals surface area contributed by atoms with E-state index >= 15 is 0 Å². The molecular weight excluding hydrogens is 202 g/mol. The van der Waals surface area contributed by atoms with Crippen LogP contribution in [0.3, 0.4) is 0 Å². The third-order valence-electron chi connectivity index (χ3n) is 2.31. The summed E-state index contributed by atoms with van der Waals surface area (Å²) in [5.74, 6) is 0. The first-order chi connectivity index (χ1) is 7.83. The van der Waals surface area contributed by atoms with Crippen molar-refractivity contribution in [2.75, 3.05) is 7.11 Å². The van der Waals surface area contributed by atoms with Crippen LogP contribution in [0.15, 0.2) is 36.7 Å². The Bertz CT molecular complexity index is 468. The summed E-state index contributed by atoms with van der Waals surface area (Å²) in [6, 6.07) is 8.38. The van der Waals surface area contributed by atoms with Crippen molar-refractivity contribution in [2.24, 2.45) is 5.73 Å². The van der Waals surface area contributed by atoms with Gasteiger partial charge in [0.15, 0.2) is 0 Å². The number of hydrogen-bond acceptors (Lipinski definition) is 4. The van der Waals surface area contributed by atoms with Crippen LogP contribution in [0, 0.1) is 0 Å². The highest BCUT2D eigenvalue weighted by atomic mass is 16.5. The molecule has 0 saturated carbocycles. The number of hydrogen-bond donors (Lipinski definition) is 1. The summed E-state index contributed by atoms with van der Waals surface area (Å²) in [4.78, 5) is 8.13. The van der Waals surface area contributed by atoms with Gasteiger partial charge in [-0.1, -0.05) is 18.2 Å². The lowest BCUT2D eigenvalue weighted by molar-refractivity contribution is 0.380. The van der Waals surface area contributed by atoms with Gasteiger partial charge in [-0.25, -0.2) is 9.97 Å². The summed E-state index contributed by atoms with van der Waals surface area (Å²) in [7, 11) is 1.55. The van der Waals surface area contributed by atoms with Gasteiger partial charge in [-0.3, -0.25) is 0 Å². The van der Waals surface area contributed by atoms with Gasteiger partial charge in [0.05, 0.1) is 7.11 Å². The van der Waals surface area contributed by atoms with Crippen molar-refractivity contribution in [3.05, 3.63) is 42.2 Å². The van der Waals surface area contributed by atoms with Crippen LogP contribution in [-0.4, -0.2) is 17.1 Å². The number of nitrogens with two attached hydrogens (primary N) is 1. The molecule has 0 amide bonds. The van der Waals surface area contributed by atoms with Crippen LogP contribution < -0.4 is 10.5 Å². The van der Waals surface area contributed by atoms with E-state index in [9.17, 15) is 0 Å². The molecule has 2 aromatic rings. The highest BCUT2D eigenvalue weighted by molar-refractivity contribution is 5.62. The van der Waals surface area contributed by atoms with E-state index in [1.807, 2.05) is 24.3 Å². The van der Waals surface area contributed by atoms with E-state index in [2.05, 4.69) is 9.97 Å². The Hall–Kier alpha value is -1.94. The fourth-order valence-electron chi connectivity index (χ4n) is 1.45. The topological polar surface area (TPSA) is 61.0 Å². The minimum Gasteiger partial charge on any atom is -0.467 e. The molecule has 0 fully saturated rings. The van der Waals surface area contributed by atoms with Gasteiger partial charge in [-0.05, 0) is 17.2 Å². The van der Waals surface area contributed by atoms with Gasteiger partial charge in [0.2, 0.25) is 0 Å². The van der Waals surface area contributed by atoms with Gasteiger partial charge < -0.3 is 10.5 Å². The number of rotatable bonds is 3. The molecule has 0 aliphatic carbocycles. The lowest BCUT2D eigenvalue weighted by atomic mass is 10.1. The second-order valence-electron chi connectivity index (χ2n) is 3.36. The molecule has 1 aromatic carbocycles. The first-order valence-electron chi connectivity index (χ1n) is 4.99. The van der Waals surface area contributed by atoms with Crippen LogP contribution in [0.1, 0.15) is 5.56 Å². The Morgan fingerprint density at radius 3 is 2.56 bits per heavy atom. The van der Waals surface area contributed by atoms with E-state index in [4.69, 9.17) is 10.5 Å². The van der Waals surface area contributed by atoms with E-state index in [1.165, 1.54) is 0 Å². The summed E-state index contributed by atoms with van der Waals surface area (Å²) in [6.07, 6.45) is 3.48. The van der Waals surface area contributed by atoms with E-state index in [0.717, 1.165) is 16.7 Å². The number of ether oxygens (including phenoxy) is 1. The predicted molar refractivity (Wildman–Crippen MR) is 61.9 cm³/mol. The van der Waals surface area contributed by atoms with Crippen molar-refractivity contribution in [1.29, 1.82) is 0 Å². The van der Waals surface area contributed by atoms with Crippen molar-refractivity contribution in [2.45, 2.75) is 6.54 Å². The van der Waals surface area contributed by atoms with Crippen molar-refractivity contribution < 1.29 is 4.74 Å². The molecule has 0 aliphatic rings. The predicted octanol–water partition coefficient (Wildman–Crippen LogP) is 1.61. The molecule has 2 rings (SSSR count). The monoisotopic (exact) mass is 215 g/mol. The highest BCUT2D eigenvalue weighted by Crippen LogP contribution is 2.19. The molecule has 16 heavy (non-hydrogen) atoms. The summed E-state index contributed by atoms with van der Waals surface area (Å²) >= 11 is 0. The Kier molecular flexibility index (Phi) is 3.12. The zero-order chi connectivity index (χ0) is 11.4. The third-order valence-corrected chi connectivity index (χ3v) is 2.31. The Morgan fingerprint density at radius 2 is 1.94 bits per heavy atom. The molecule has 1 aromatic heterocycles. The molecule has 0 radical (unpaired) electrons. The Morgan fingerprint density at radius 1 is 1.19 bits per heavy atom. The summed E-state index contributed by atoms with van der Waals surface area (Å²) in [6.45, 7) is 0.533. The Labute approximate surface area is 94.1 Å². The van der Waals surface area contributed by atoms with Crippen LogP contribution in [0.25, 0.3) is 11.1 Å². The quantitative estimate of drug-likeness (QED) is 0.845. The summed E-state index contributed by atoms with van der Waals surface area (Å²) < 4.78 is 4.91. The minimum atomic E-state index is 0.374. The van der Waals surface area contributed by atoms with E-state index < -0.39 is 0 Å². The maximum Gasteiger partial charge on any atom is 0.316 e. The SMILES string of the molecule is COc1ncc(-c2cccc(CN)c2)cn1. The maximum absolute atomic E-state index is 5.59. The summed E-state index contributed by atoms with van der Waals surface area (Å²) in [5, 5.41) is 0. The molecule has 0 saturated heterocycles. The first-order valence-corrected chi connectivity index (χ1v) is 4.99. The maximum atomic E-state index is 5.59. The first kappa shape index (κ1) is 10.6. The van der Waals surface area contributed by atoms with Crippen LogP contribution in [-0.2, 0) is 6.54 Å². The lowest BCUT2D eigenvalue weighted by Gasteiger charge is -2.03. The van der Waals surface area contributed by atoms with Gasteiger partial charge in [-0.2, -0.15) is 0 Å². The molecule has 0 atom stereocenters. The molecule has 0 spiro atoms. The number of methoxy groups -OCH3 is 1. The second kappa shape index (κ2) is 4.72. The third kappa shape index (κ3) is 2.17. The molecule has 4 heteroatoms. The molecule has 0 bridgehead atoms. The zero-order valence-corrected chi connectivity index (χ0v) is 9.05. The molecular formula is C12H13N3O. The number of nitrogens with zero attached hydrogens (tertiary/aromatic N) is 2. The molecule has 1 heterocycles. The Balaban J connectivity index is 2.34. The molecule has 0 unspecified atom stereocenters. The highest BCUT2D eigenvalue weighted by Gasteiger charge is 2.00. The largest absolute Gasteiger partial charge is 0.467 e. The smallest absolute Gasteiger partial charge is 0.316 e. The summed E-state index contributed by atoms with van der Waals surface area (Å²) in [5.41, 5.74) is 8.70. The minimum absolute atomic E-state index is 0.374. The number of benzene rings is 1. The van der Waals surface area contributed by atoms with Crippen molar-refractivity contribution in [3.8, 4) is 17.1 Å². The van der Waals surface area contributed by atoms with Gasteiger partial charge >= 0.3 is 6.01 Å². The standard InChI is InChI=1S/C12H13N3O/c1-16-12-14-7-11(8-15-12)10-4-2-3-9(5-10)6-13/h2-5,7-8H,6,13H2,1H3. The molecule has 2 N–H and O–H groups in total. The van der Waals surface area contributed by atoms with Gasteiger partial charge in [0, 0.05) is 24.5 Å². The number of aromatic nitrogens is 2. The van der Waals surface area contributed by atoms with Crippen molar-refractivity contribution >= 4 is 0 Å². The second-order valence-corrected chi connectivity index (χ2v) is 3.36. The van der Waals surface area contributed by atoms with Crippen LogP contribution >= 0.6 is 0 Å². The van der Waals surface area contributed by atoms with Crippen LogP contribution in [0.5, 0.6) is 6.01 Å². The van der Waals surface area contributed by atoms with Crippen molar-refractivity contribution in [1.82, 2.24) is 9.97 Å². The van der Waals surface area contributed by atoms with Crippen molar-refractivity contribution in [3.63, 3.8) is 0 Å². The van der Waals surface area contributed by atoms with Gasteiger partial charge in [0.25, 0.3) is 0 Å². The normalized spacial score (nSPS) is 10.1. The van der Waals surface area contributed by atoms with Gasteiger partial charge in [0.1, 0.15) is 0 Å². The van der Waals surface area contributed by atoms with Gasteiger partial charge in [-0.15, -0.1) is 0 Å². The van der Waals surface area contributed by atoms with E-state index in [0.29, 0.717) is 12.6 Å². The van der Waals surface area contributed by atoms with Crippen LogP contribution in [0.4, 0.5) is 0 Å². The molecule has 0 aliphatic heterocycles. The molecule has 82 valence electrons. The lowest BCUT2D eigenvalue weighted by Crippen LogP contribution is -1.96. The van der Waals surface area contributed by atoms with E-state index in [1.54, 1.807) is 19.5 Å². The zero-order valence-electron chi connectivity index (χ0n) is 9.05. The molecule has 4 nitrogen and oxygen atoms in total. The van der Waals surface area contributed by atoms with Crippen LogP contribution in [0.2, 0.25) is 0 Å².